The van der Waals surface area contributed by atoms with Crippen molar-refractivity contribution < 1.29 is 79.9 Å². The monoisotopic (exact) mass is 504 g/mol. The fourth-order valence-corrected chi connectivity index (χ4v) is 4.05. The molecule has 3 aliphatic rings. The summed E-state index contributed by atoms with van der Waals surface area (Å²) in [7, 11) is 0. The first-order valence-electron chi connectivity index (χ1n) is 10.6. The zero-order chi connectivity index (χ0) is 25.3. The third-order valence-corrected chi connectivity index (χ3v) is 6.09. The van der Waals surface area contributed by atoms with Crippen LogP contribution in [0.4, 0.5) is 0 Å². The Morgan fingerprint density at radius 3 is 1.47 bits per heavy atom. The Labute approximate surface area is 192 Å². The third-order valence-electron chi connectivity index (χ3n) is 6.09. The summed E-state index contributed by atoms with van der Waals surface area (Å²) >= 11 is 0. The van der Waals surface area contributed by atoms with Gasteiger partial charge in [0.05, 0.1) is 19.8 Å². The molecule has 0 radical (unpaired) electrons. The molecule has 3 fully saturated rings. The zero-order valence-corrected chi connectivity index (χ0v) is 17.7. The average Bonchev–Trinajstić information content (AvgIpc) is 2.83. The van der Waals surface area contributed by atoms with Gasteiger partial charge in [0.1, 0.15) is 73.2 Å². The molecule has 0 saturated carbocycles. The molecule has 3 rings (SSSR count). The van der Waals surface area contributed by atoms with Crippen LogP contribution < -0.4 is 0 Å². The van der Waals surface area contributed by atoms with E-state index in [-0.39, 0.29) is 0 Å². The average molecular weight is 504 g/mol. The van der Waals surface area contributed by atoms with E-state index < -0.39 is 112 Å². The highest BCUT2D eigenvalue weighted by Crippen LogP contribution is 2.32. The highest BCUT2D eigenvalue weighted by atomic mass is 16.7. The molecule has 3 saturated heterocycles. The number of hydrogen-bond acceptors (Lipinski definition) is 16. The first kappa shape index (κ1) is 27.9. The SMILES string of the molecule is OC[C@@H]1O[C@@H](O[C@@H]2[C@@H](O)[C@@H](O)O[C@H](CO)[C@@H]2O)[C@@H](O)[C@H](O)[C@@H]1O[C@@H]1O[C@H](CO)[C@H](O)[C@H](O)[C@H]1O. The molecule has 15 atom stereocenters. The quantitative estimate of drug-likeness (QED) is 0.154. The van der Waals surface area contributed by atoms with E-state index in [0.717, 1.165) is 0 Å². The van der Waals surface area contributed by atoms with Gasteiger partial charge in [0.2, 0.25) is 0 Å². The summed E-state index contributed by atoms with van der Waals surface area (Å²) in [4.78, 5) is 0. The molecule has 0 amide bonds. The second-order valence-corrected chi connectivity index (χ2v) is 8.33. The molecule has 11 N–H and O–H groups in total. The highest BCUT2D eigenvalue weighted by Gasteiger charge is 2.53. The summed E-state index contributed by atoms with van der Waals surface area (Å²) in [6, 6.07) is 0. The van der Waals surface area contributed by atoms with Crippen LogP contribution in [0.3, 0.4) is 0 Å². The van der Waals surface area contributed by atoms with Gasteiger partial charge >= 0.3 is 0 Å². The maximum atomic E-state index is 10.6. The Morgan fingerprint density at radius 2 is 0.912 bits per heavy atom. The molecule has 0 unspecified atom stereocenters. The minimum Gasteiger partial charge on any atom is -0.394 e. The molecule has 200 valence electrons. The molecule has 0 aromatic carbocycles. The van der Waals surface area contributed by atoms with Crippen molar-refractivity contribution in [1.29, 1.82) is 0 Å². The predicted octanol–water partition coefficient (Wildman–Crippen LogP) is -7.57. The van der Waals surface area contributed by atoms with Crippen LogP contribution in [0.1, 0.15) is 0 Å². The maximum Gasteiger partial charge on any atom is 0.187 e. The molecule has 0 bridgehead atoms. The summed E-state index contributed by atoms with van der Waals surface area (Å²) in [5.41, 5.74) is 0. The minimum atomic E-state index is -1.93. The molecule has 0 aromatic rings. The Kier molecular flexibility index (Phi) is 9.54. The molecular formula is C18H32O16. The number of aliphatic hydroxyl groups excluding tert-OH is 11. The van der Waals surface area contributed by atoms with Gasteiger partial charge in [-0.2, -0.15) is 0 Å². The van der Waals surface area contributed by atoms with Crippen LogP contribution >= 0.6 is 0 Å². The number of hydrogen-bond donors (Lipinski definition) is 11. The summed E-state index contributed by atoms with van der Waals surface area (Å²) in [6.07, 6.45) is -25.3. The normalized spacial score (nSPS) is 52.5. The van der Waals surface area contributed by atoms with Crippen molar-refractivity contribution in [3.8, 4) is 0 Å². The van der Waals surface area contributed by atoms with Gasteiger partial charge in [-0.05, 0) is 0 Å². The van der Waals surface area contributed by atoms with Crippen LogP contribution in [0.2, 0.25) is 0 Å². The topological polar surface area (TPSA) is 269 Å². The van der Waals surface area contributed by atoms with Gasteiger partial charge in [-0.15, -0.1) is 0 Å². The van der Waals surface area contributed by atoms with E-state index in [1.165, 1.54) is 0 Å². The van der Waals surface area contributed by atoms with Crippen molar-refractivity contribution in [3.05, 3.63) is 0 Å². The summed E-state index contributed by atoms with van der Waals surface area (Å²) in [5.74, 6) is 0. The van der Waals surface area contributed by atoms with Gasteiger partial charge in [0, 0.05) is 0 Å². The Bertz CT molecular complexity index is 637. The molecule has 3 aliphatic heterocycles. The van der Waals surface area contributed by atoms with Crippen molar-refractivity contribution in [2.24, 2.45) is 0 Å². The van der Waals surface area contributed by atoms with E-state index in [0.29, 0.717) is 0 Å². The van der Waals surface area contributed by atoms with E-state index in [1.807, 2.05) is 0 Å². The van der Waals surface area contributed by atoms with Gasteiger partial charge in [0.25, 0.3) is 0 Å². The van der Waals surface area contributed by atoms with E-state index in [1.54, 1.807) is 0 Å². The molecule has 0 aromatic heterocycles. The molecule has 0 spiro atoms. The molecule has 16 nitrogen and oxygen atoms in total. The van der Waals surface area contributed by atoms with Crippen molar-refractivity contribution in [3.63, 3.8) is 0 Å². The molecule has 16 heteroatoms. The third kappa shape index (κ3) is 5.37. The number of aliphatic hydroxyl groups is 11. The first-order valence-corrected chi connectivity index (χ1v) is 10.6. The van der Waals surface area contributed by atoms with E-state index in [2.05, 4.69) is 0 Å². The van der Waals surface area contributed by atoms with Crippen molar-refractivity contribution >= 4 is 0 Å². The molecule has 34 heavy (non-hydrogen) atoms. The lowest BCUT2D eigenvalue weighted by Gasteiger charge is -2.47. The van der Waals surface area contributed by atoms with Crippen LogP contribution in [-0.4, -0.2) is 168 Å². The van der Waals surface area contributed by atoms with Gasteiger partial charge in [0.15, 0.2) is 18.9 Å². The maximum absolute atomic E-state index is 10.6. The molecule has 0 aliphatic carbocycles. The summed E-state index contributed by atoms with van der Waals surface area (Å²) in [6.45, 7) is -2.31. The molecule has 3 heterocycles. The fourth-order valence-electron chi connectivity index (χ4n) is 4.05. The fraction of sp³-hybridized carbons (Fsp3) is 1.00. The summed E-state index contributed by atoms with van der Waals surface area (Å²) in [5, 5.41) is 109. The van der Waals surface area contributed by atoms with Crippen LogP contribution in [0.15, 0.2) is 0 Å². The minimum absolute atomic E-state index is 0.740. The van der Waals surface area contributed by atoms with E-state index in [4.69, 9.17) is 23.7 Å². The Balaban J connectivity index is 1.72. The van der Waals surface area contributed by atoms with E-state index >= 15 is 0 Å². The first-order chi connectivity index (χ1) is 16.0. The van der Waals surface area contributed by atoms with Crippen LogP contribution in [-0.2, 0) is 23.7 Å². The van der Waals surface area contributed by atoms with Crippen LogP contribution in [0.5, 0.6) is 0 Å². The lowest BCUT2D eigenvalue weighted by Crippen LogP contribution is -2.66. The predicted molar refractivity (Wildman–Crippen MR) is 101 cm³/mol. The highest BCUT2D eigenvalue weighted by molar-refractivity contribution is 4.96. The van der Waals surface area contributed by atoms with Crippen LogP contribution in [0.25, 0.3) is 0 Å². The van der Waals surface area contributed by atoms with Crippen LogP contribution in [0, 0.1) is 0 Å². The Hall–Kier alpha value is -0.640. The summed E-state index contributed by atoms with van der Waals surface area (Å²) < 4.78 is 26.2. The number of ether oxygens (including phenoxy) is 5. The second kappa shape index (κ2) is 11.6. The van der Waals surface area contributed by atoms with Gasteiger partial charge in [-0.3, -0.25) is 0 Å². The zero-order valence-electron chi connectivity index (χ0n) is 17.7. The lowest BCUT2D eigenvalue weighted by molar-refractivity contribution is -0.378. The van der Waals surface area contributed by atoms with Gasteiger partial charge < -0.3 is 79.9 Å². The smallest absolute Gasteiger partial charge is 0.187 e. The van der Waals surface area contributed by atoms with Gasteiger partial charge in [-0.1, -0.05) is 0 Å². The largest absolute Gasteiger partial charge is 0.394 e. The number of rotatable bonds is 7. The Morgan fingerprint density at radius 1 is 0.441 bits per heavy atom. The van der Waals surface area contributed by atoms with Crippen molar-refractivity contribution in [2.75, 3.05) is 19.8 Å². The standard InChI is InChI=1S/C18H32O16/c19-1-4-7(22)9(24)11(26)17(31-4)33-14-6(3-21)32-18(12(27)10(14)25)34-15-8(23)5(2-20)30-16(29)13(15)28/h4-29H,1-3H2/t4-,5-,6+,7+,8+,9+,10+,11-,12+,13-,14-,15+,16+,17+,18+/m1/s1. The second-order valence-electron chi connectivity index (χ2n) is 8.33. The lowest BCUT2D eigenvalue weighted by atomic mass is 9.96. The van der Waals surface area contributed by atoms with Gasteiger partial charge in [-0.25, -0.2) is 0 Å². The van der Waals surface area contributed by atoms with Crippen molar-refractivity contribution in [1.82, 2.24) is 0 Å². The van der Waals surface area contributed by atoms with E-state index in [9.17, 15) is 56.2 Å². The van der Waals surface area contributed by atoms with Crippen molar-refractivity contribution in [2.45, 2.75) is 92.1 Å². The molecular weight excluding hydrogens is 472 g/mol.